The van der Waals surface area contributed by atoms with Crippen LogP contribution in [0.3, 0.4) is 0 Å². The Bertz CT molecular complexity index is 505. The lowest BCUT2D eigenvalue weighted by atomic mass is 10.2. The van der Waals surface area contributed by atoms with E-state index in [0.717, 1.165) is 12.5 Å². The number of methoxy groups -OCH3 is 2. The summed E-state index contributed by atoms with van der Waals surface area (Å²) < 4.78 is 36.7. The molecule has 1 aromatic rings. The molecular formula is C11H14O5S. The second-order valence-electron chi connectivity index (χ2n) is 3.07. The molecule has 1 aromatic carbocycles. The van der Waals surface area contributed by atoms with Gasteiger partial charge in [-0.25, -0.2) is 0 Å². The fraction of sp³-hybridized carbons (Fsp3) is 0.273. The molecular weight excluding hydrogens is 244 g/mol. The summed E-state index contributed by atoms with van der Waals surface area (Å²) in [4.78, 5) is 0. The molecule has 0 atom stereocenters. The van der Waals surface area contributed by atoms with Crippen LogP contribution < -0.4 is 9.47 Å². The normalized spacial score (nSPS) is 11.7. The highest BCUT2D eigenvalue weighted by Gasteiger charge is 2.05. The van der Waals surface area contributed by atoms with Crippen LogP contribution in [0.1, 0.15) is 5.56 Å². The molecule has 94 valence electrons. The van der Waals surface area contributed by atoms with Crippen molar-refractivity contribution < 1.29 is 22.1 Å². The summed E-state index contributed by atoms with van der Waals surface area (Å²) in [6.07, 6.45) is 1.40. The Balaban J connectivity index is 3.07. The zero-order valence-electron chi connectivity index (χ0n) is 9.84. The van der Waals surface area contributed by atoms with Gasteiger partial charge in [-0.2, -0.15) is 8.42 Å². The molecule has 0 aliphatic heterocycles. The Kier molecular flexibility index (Phi) is 4.53. The van der Waals surface area contributed by atoms with Gasteiger partial charge in [0.2, 0.25) is 0 Å². The quantitative estimate of drug-likeness (QED) is 0.751. The third-order valence-corrected chi connectivity index (χ3v) is 3.02. The molecule has 0 saturated carbocycles. The van der Waals surface area contributed by atoms with Gasteiger partial charge in [-0.3, -0.25) is 4.18 Å². The van der Waals surface area contributed by atoms with Crippen molar-refractivity contribution >= 4 is 16.2 Å². The molecule has 1 rings (SSSR count). The number of hydrogen-bond acceptors (Lipinski definition) is 5. The monoisotopic (exact) mass is 258 g/mol. The van der Waals surface area contributed by atoms with Crippen LogP contribution in [0, 0.1) is 0 Å². The van der Waals surface area contributed by atoms with Gasteiger partial charge in [0.25, 0.3) is 10.1 Å². The van der Waals surface area contributed by atoms with Crippen LogP contribution >= 0.6 is 0 Å². The molecule has 17 heavy (non-hydrogen) atoms. The topological polar surface area (TPSA) is 61.8 Å². The molecule has 0 bridgehead atoms. The van der Waals surface area contributed by atoms with Crippen LogP contribution in [0.4, 0.5) is 0 Å². The van der Waals surface area contributed by atoms with E-state index in [4.69, 9.17) is 9.47 Å². The first kappa shape index (κ1) is 13.5. The predicted molar refractivity (Wildman–Crippen MR) is 64.5 cm³/mol. The summed E-state index contributed by atoms with van der Waals surface area (Å²) in [5.41, 5.74) is 0.619. The first-order chi connectivity index (χ1) is 8.02. The molecule has 0 saturated heterocycles. The second kappa shape index (κ2) is 5.70. The van der Waals surface area contributed by atoms with Crippen LogP contribution in [0.25, 0.3) is 6.08 Å². The summed E-state index contributed by atoms with van der Waals surface area (Å²) in [7, 11) is 0.515. The van der Waals surface area contributed by atoms with E-state index in [1.54, 1.807) is 25.3 Å². The van der Waals surface area contributed by atoms with Crippen LogP contribution in [0.5, 0.6) is 11.5 Å². The van der Waals surface area contributed by atoms with E-state index < -0.39 is 10.1 Å². The lowest BCUT2D eigenvalue weighted by Gasteiger charge is -2.07. The van der Waals surface area contributed by atoms with E-state index in [1.165, 1.54) is 13.2 Å². The van der Waals surface area contributed by atoms with E-state index in [2.05, 4.69) is 4.18 Å². The highest BCUT2D eigenvalue weighted by atomic mass is 32.2. The maximum atomic E-state index is 11.1. The molecule has 6 heteroatoms. The Labute approximate surface area is 101 Å². The van der Waals surface area contributed by atoms with Crippen LogP contribution in [0.2, 0.25) is 0 Å². The summed E-state index contributed by atoms with van der Waals surface area (Å²) in [6, 6.07) is 5.07. The Hall–Kier alpha value is -1.53. The van der Waals surface area contributed by atoms with Crippen LogP contribution in [-0.2, 0) is 14.3 Å². The van der Waals surface area contributed by atoms with Crippen molar-refractivity contribution in [3.63, 3.8) is 0 Å². The van der Waals surface area contributed by atoms with Gasteiger partial charge in [0.1, 0.15) is 11.5 Å². The fourth-order valence-corrected chi connectivity index (χ4v) is 1.59. The Morgan fingerprint density at radius 2 is 1.82 bits per heavy atom. The molecule has 5 nitrogen and oxygen atoms in total. The van der Waals surface area contributed by atoms with Gasteiger partial charge in [-0.1, -0.05) is 0 Å². The van der Waals surface area contributed by atoms with Crippen molar-refractivity contribution in [2.45, 2.75) is 0 Å². The number of hydrogen-bond donors (Lipinski definition) is 0. The molecule has 0 unspecified atom stereocenters. The Morgan fingerprint density at radius 1 is 1.12 bits per heavy atom. The van der Waals surface area contributed by atoms with Crippen LogP contribution in [0.15, 0.2) is 23.6 Å². The molecule has 0 aliphatic carbocycles. The number of benzene rings is 1. The SMILES string of the molecule is COc1ccc(C=CS(=O)(=O)OC)c(OC)c1. The van der Waals surface area contributed by atoms with E-state index in [0.29, 0.717) is 17.1 Å². The van der Waals surface area contributed by atoms with Crippen molar-refractivity contribution in [3.8, 4) is 11.5 Å². The van der Waals surface area contributed by atoms with Crippen molar-refractivity contribution in [1.82, 2.24) is 0 Å². The summed E-state index contributed by atoms with van der Waals surface area (Å²) >= 11 is 0. The van der Waals surface area contributed by atoms with E-state index in [1.807, 2.05) is 0 Å². The van der Waals surface area contributed by atoms with Crippen molar-refractivity contribution in [3.05, 3.63) is 29.2 Å². The highest BCUT2D eigenvalue weighted by molar-refractivity contribution is 7.89. The molecule has 0 radical (unpaired) electrons. The maximum Gasteiger partial charge on any atom is 0.289 e. The predicted octanol–water partition coefficient (Wildman–Crippen LogP) is 1.65. The first-order valence-corrected chi connectivity index (χ1v) is 6.20. The third-order valence-electron chi connectivity index (χ3n) is 2.09. The molecule has 0 spiro atoms. The highest BCUT2D eigenvalue weighted by Crippen LogP contribution is 2.25. The minimum absolute atomic E-state index is 0.520. The summed E-state index contributed by atoms with van der Waals surface area (Å²) in [5, 5.41) is 0.970. The first-order valence-electron chi connectivity index (χ1n) is 4.73. The minimum Gasteiger partial charge on any atom is -0.497 e. The van der Waals surface area contributed by atoms with Gasteiger partial charge < -0.3 is 9.47 Å². The smallest absolute Gasteiger partial charge is 0.289 e. The second-order valence-corrected chi connectivity index (χ2v) is 4.66. The molecule has 0 aromatic heterocycles. The summed E-state index contributed by atoms with van der Waals surface area (Å²) in [5.74, 6) is 1.15. The van der Waals surface area contributed by atoms with Gasteiger partial charge in [-0.05, 0) is 18.2 Å². The zero-order valence-corrected chi connectivity index (χ0v) is 10.7. The van der Waals surface area contributed by atoms with Crippen molar-refractivity contribution in [1.29, 1.82) is 0 Å². The third kappa shape index (κ3) is 3.76. The largest absolute Gasteiger partial charge is 0.497 e. The molecule has 0 amide bonds. The van der Waals surface area contributed by atoms with Gasteiger partial charge in [0.05, 0.1) is 26.7 Å². The molecule has 0 heterocycles. The molecule has 0 fully saturated rings. The van der Waals surface area contributed by atoms with Gasteiger partial charge >= 0.3 is 0 Å². The van der Waals surface area contributed by atoms with E-state index in [9.17, 15) is 8.42 Å². The molecule has 0 aliphatic rings. The fourth-order valence-electron chi connectivity index (χ4n) is 1.17. The van der Waals surface area contributed by atoms with Crippen molar-refractivity contribution in [2.24, 2.45) is 0 Å². The zero-order chi connectivity index (χ0) is 12.9. The standard InChI is InChI=1S/C11H14O5S/c1-14-10-5-4-9(11(8-10)15-2)6-7-17(12,13)16-3/h4-8H,1-3H3. The number of ether oxygens (including phenoxy) is 2. The maximum absolute atomic E-state index is 11.1. The lowest BCUT2D eigenvalue weighted by Crippen LogP contribution is -1.96. The summed E-state index contributed by atoms with van der Waals surface area (Å²) in [6.45, 7) is 0. The minimum atomic E-state index is -3.63. The van der Waals surface area contributed by atoms with Gasteiger partial charge in [0, 0.05) is 11.6 Å². The van der Waals surface area contributed by atoms with E-state index >= 15 is 0 Å². The lowest BCUT2D eigenvalue weighted by molar-refractivity contribution is 0.394. The Morgan fingerprint density at radius 3 is 2.35 bits per heavy atom. The molecule has 0 N–H and O–H groups in total. The van der Waals surface area contributed by atoms with Crippen molar-refractivity contribution in [2.75, 3.05) is 21.3 Å². The number of rotatable bonds is 5. The average Bonchev–Trinajstić information content (AvgIpc) is 2.36. The van der Waals surface area contributed by atoms with Gasteiger partial charge in [-0.15, -0.1) is 0 Å². The van der Waals surface area contributed by atoms with E-state index in [-0.39, 0.29) is 0 Å². The van der Waals surface area contributed by atoms with Gasteiger partial charge in [0.15, 0.2) is 0 Å². The average molecular weight is 258 g/mol. The van der Waals surface area contributed by atoms with Crippen LogP contribution in [-0.4, -0.2) is 29.7 Å².